The van der Waals surface area contributed by atoms with Crippen LogP contribution in [0.25, 0.3) is 0 Å². The van der Waals surface area contributed by atoms with Crippen molar-refractivity contribution in [2.24, 2.45) is 5.92 Å². The van der Waals surface area contributed by atoms with E-state index < -0.39 is 4.92 Å². The topological polar surface area (TPSA) is 78.7 Å². The van der Waals surface area contributed by atoms with Gasteiger partial charge in [0.25, 0.3) is 0 Å². The smallest absolute Gasteiger partial charge is 0.310 e. The lowest BCUT2D eigenvalue weighted by atomic mass is 10.1. The Bertz CT molecular complexity index is 510. The van der Waals surface area contributed by atoms with Crippen molar-refractivity contribution in [3.8, 4) is 5.75 Å². The fourth-order valence-corrected chi connectivity index (χ4v) is 1.79. The van der Waals surface area contributed by atoms with E-state index in [1.54, 1.807) is 12.1 Å². The van der Waals surface area contributed by atoms with E-state index in [-0.39, 0.29) is 18.3 Å². The highest BCUT2D eigenvalue weighted by atomic mass is 16.6. The molecule has 0 saturated heterocycles. The molecule has 6 nitrogen and oxygen atoms in total. The standard InChI is InChI=1S/C14H17NO5/c1-10(16)19-7-6-11-4-5-13(15(17)18)14(8-11)20-9-12-2-3-12/h4-5,8,12H,2-3,6-7,9H2,1H3. The number of rotatable bonds is 7. The van der Waals surface area contributed by atoms with Gasteiger partial charge in [0, 0.05) is 19.4 Å². The van der Waals surface area contributed by atoms with E-state index >= 15 is 0 Å². The molecule has 1 fully saturated rings. The summed E-state index contributed by atoms with van der Waals surface area (Å²) in [5, 5.41) is 11.0. The molecule has 1 aromatic rings. The summed E-state index contributed by atoms with van der Waals surface area (Å²) in [6.07, 6.45) is 2.76. The molecule has 0 radical (unpaired) electrons. The zero-order valence-electron chi connectivity index (χ0n) is 11.3. The molecule has 0 unspecified atom stereocenters. The lowest BCUT2D eigenvalue weighted by Gasteiger charge is -2.08. The largest absolute Gasteiger partial charge is 0.487 e. The molecule has 1 aliphatic rings. The number of hydrogen-bond acceptors (Lipinski definition) is 5. The van der Waals surface area contributed by atoms with Crippen LogP contribution in [-0.4, -0.2) is 24.1 Å². The number of nitro groups is 1. The number of nitrogens with zero attached hydrogens (tertiary/aromatic N) is 1. The molecular formula is C14H17NO5. The average Bonchev–Trinajstić information content (AvgIpc) is 3.19. The molecule has 2 rings (SSSR count). The second-order valence-electron chi connectivity index (χ2n) is 4.90. The summed E-state index contributed by atoms with van der Waals surface area (Å²) in [4.78, 5) is 21.2. The Morgan fingerprint density at radius 2 is 2.20 bits per heavy atom. The third-order valence-electron chi connectivity index (χ3n) is 3.09. The minimum atomic E-state index is -0.446. The summed E-state index contributed by atoms with van der Waals surface area (Å²) >= 11 is 0. The van der Waals surface area contributed by atoms with Crippen molar-refractivity contribution in [2.45, 2.75) is 26.2 Å². The number of nitro benzene ring substituents is 1. The predicted molar refractivity (Wildman–Crippen MR) is 71.7 cm³/mol. The number of esters is 1. The highest BCUT2D eigenvalue weighted by Crippen LogP contribution is 2.33. The lowest BCUT2D eigenvalue weighted by molar-refractivity contribution is -0.385. The highest BCUT2D eigenvalue weighted by molar-refractivity contribution is 5.65. The number of ether oxygens (including phenoxy) is 2. The predicted octanol–water partition coefficient (Wildman–Crippen LogP) is 2.49. The van der Waals surface area contributed by atoms with Gasteiger partial charge >= 0.3 is 11.7 Å². The van der Waals surface area contributed by atoms with Crippen molar-refractivity contribution in [1.82, 2.24) is 0 Å². The molecule has 1 aromatic carbocycles. The van der Waals surface area contributed by atoms with Gasteiger partial charge in [0.05, 0.1) is 18.1 Å². The highest BCUT2D eigenvalue weighted by Gasteiger charge is 2.24. The molecule has 1 saturated carbocycles. The summed E-state index contributed by atoms with van der Waals surface area (Å²) in [7, 11) is 0. The molecule has 1 aliphatic carbocycles. The number of hydrogen-bond donors (Lipinski definition) is 0. The maximum atomic E-state index is 11.0. The van der Waals surface area contributed by atoms with E-state index in [2.05, 4.69) is 0 Å². The van der Waals surface area contributed by atoms with Gasteiger partial charge in [-0.3, -0.25) is 14.9 Å². The SMILES string of the molecule is CC(=O)OCCc1ccc([N+](=O)[O-])c(OCC2CC2)c1. The van der Waals surface area contributed by atoms with E-state index in [1.807, 2.05) is 0 Å². The molecule has 6 heteroatoms. The third-order valence-corrected chi connectivity index (χ3v) is 3.09. The Kier molecular flexibility index (Phi) is 4.55. The van der Waals surface area contributed by atoms with Crippen molar-refractivity contribution < 1.29 is 19.2 Å². The van der Waals surface area contributed by atoms with Crippen molar-refractivity contribution in [3.63, 3.8) is 0 Å². The van der Waals surface area contributed by atoms with Crippen molar-refractivity contribution in [2.75, 3.05) is 13.2 Å². The first-order valence-electron chi connectivity index (χ1n) is 6.59. The maximum Gasteiger partial charge on any atom is 0.310 e. The first-order valence-corrected chi connectivity index (χ1v) is 6.59. The lowest BCUT2D eigenvalue weighted by Crippen LogP contribution is -2.05. The quantitative estimate of drug-likeness (QED) is 0.435. The summed E-state index contributed by atoms with van der Waals surface area (Å²) in [6, 6.07) is 4.75. The van der Waals surface area contributed by atoms with Crippen LogP contribution in [0.3, 0.4) is 0 Å². The Balaban J connectivity index is 2.03. The molecule has 0 bridgehead atoms. The van der Waals surface area contributed by atoms with Gasteiger partial charge in [0.2, 0.25) is 0 Å². The van der Waals surface area contributed by atoms with Gasteiger partial charge in [-0.05, 0) is 30.4 Å². The maximum absolute atomic E-state index is 11.0. The van der Waals surface area contributed by atoms with Crippen LogP contribution < -0.4 is 4.74 Å². The van der Waals surface area contributed by atoms with Crippen LogP contribution in [0, 0.1) is 16.0 Å². The molecule has 20 heavy (non-hydrogen) atoms. The van der Waals surface area contributed by atoms with E-state index in [0.29, 0.717) is 24.7 Å². The van der Waals surface area contributed by atoms with Gasteiger partial charge in [-0.15, -0.1) is 0 Å². The van der Waals surface area contributed by atoms with Gasteiger partial charge in [-0.1, -0.05) is 6.07 Å². The number of benzene rings is 1. The third kappa shape index (κ3) is 4.22. The summed E-state index contributed by atoms with van der Waals surface area (Å²) < 4.78 is 10.4. The molecule has 0 atom stereocenters. The molecule has 0 amide bonds. The summed E-state index contributed by atoms with van der Waals surface area (Å²) in [5.41, 5.74) is 0.824. The zero-order chi connectivity index (χ0) is 14.5. The fourth-order valence-electron chi connectivity index (χ4n) is 1.79. The van der Waals surface area contributed by atoms with Crippen LogP contribution in [0.2, 0.25) is 0 Å². The summed E-state index contributed by atoms with van der Waals surface area (Å²) in [5.74, 6) is 0.485. The van der Waals surface area contributed by atoms with E-state index in [1.165, 1.54) is 13.0 Å². The summed E-state index contributed by atoms with van der Waals surface area (Å²) in [6.45, 7) is 2.13. The van der Waals surface area contributed by atoms with Crippen LogP contribution in [0.1, 0.15) is 25.3 Å². The van der Waals surface area contributed by atoms with E-state index in [9.17, 15) is 14.9 Å². The Morgan fingerprint density at radius 3 is 2.80 bits per heavy atom. The molecule has 0 spiro atoms. The zero-order valence-corrected chi connectivity index (χ0v) is 11.3. The minimum Gasteiger partial charge on any atom is -0.487 e. The van der Waals surface area contributed by atoms with Crippen LogP contribution in [0.15, 0.2) is 18.2 Å². The van der Waals surface area contributed by atoms with Gasteiger partial charge in [0.15, 0.2) is 5.75 Å². The average molecular weight is 279 g/mol. The molecule has 0 aromatic heterocycles. The van der Waals surface area contributed by atoms with Crippen molar-refractivity contribution >= 4 is 11.7 Å². The van der Waals surface area contributed by atoms with E-state index in [4.69, 9.17) is 9.47 Å². The normalized spacial score (nSPS) is 13.8. The van der Waals surface area contributed by atoms with Crippen molar-refractivity contribution in [3.05, 3.63) is 33.9 Å². The monoisotopic (exact) mass is 279 g/mol. The van der Waals surface area contributed by atoms with Gasteiger partial charge in [-0.2, -0.15) is 0 Å². The fraction of sp³-hybridized carbons (Fsp3) is 0.500. The van der Waals surface area contributed by atoms with Crippen LogP contribution in [0.5, 0.6) is 5.75 Å². The van der Waals surface area contributed by atoms with Crippen LogP contribution in [-0.2, 0) is 16.0 Å². The van der Waals surface area contributed by atoms with E-state index in [0.717, 1.165) is 18.4 Å². The number of carbonyl (C=O) groups is 1. The Hall–Kier alpha value is -2.11. The minimum absolute atomic E-state index is 0.0260. The van der Waals surface area contributed by atoms with Gasteiger partial charge in [-0.25, -0.2) is 0 Å². The van der Waals surface area contributed by atoms with Gasteiger partial charge in [0.1, 0.15) is 0 Å². The van der Waals surface area contributed by atoms with Crippen molar-refractivity contribution in [1.29, 1.82) is 0 Å². The number of carbonyl (C=O) groups excluding carboxylic acids is 1. The molecule has 108 valence electrons. The van der Waals surface area contributed by atoms with Crippen LogP contribution >= 0.6 is 0 Å². The van der Waals surface area contributed by atoms with Crippen LogP contribution in [0.4, 0.5) is 5.69 Å². The molecular weight excluding hydrogens is 262 g/mol. The molecule has 0 aliphatic heterocycles. The Labute approximate surface area is 116 Å². The molecule has 0 N–H and O–H groups in total. The first kappa shape index (κ1) is 14.3. The Morgan fingerprint density at radius 1 is 1.45 bits per heavy atom. The first-order chi connectivity index (χ1) is 9.56. The van der Waals surface area contributed by atoms with Gasteiger partial charge < -0.3 is 9.47 Å². The second kappa shape index (κ2) is 6.36. The molecule has 0 heterocycles. The second-order valence-corrected chi connectivity index (χ2v) is 4.90.